The van der Waals surface area contributed by atoms with Crippen molar-refractivity contribution in [3.63, 3.8) is 0 Å². The van der Waals surface area contributed by atoms with Crippen LogP contribution >= 0.6 is 11.3 Å². The molecule has 9 aromatic carbocycles. The Bertz CT molecular complexity index is 3070. The van der Waals surface area contributed by atoms with Crippen LogP contribution in [-0.2, 0) is 0 Å². The van der Waals surface area contributed by atoms with Crippen molar-refractivity contribution in [3.05, 3.63) is 200 Å². The Morgan fingerprint density at radius 1 is 0.364 bits per heavy atom. The van der Waals surface area contributed by atoms with Crippen LogP contribution in [0.3, 0.4) is 0 Å². The molecule has 0 N–H and O–H groups in total. The summed E-state index contributed by atoms with van der Waals surface area (Å²) in [6, 6.07) is 72.2. The van der Waals surface area contributed by atoms with Crippen molar-refractivity contribution in [2.75, 3.05) is 4.90 Å². The van der Waals surface area contributed by atoms with E-state index in [0.29, 0.717) is 0 Å². The van der Waals surface area contributed by atoms with E-state index in [1.165, 1.54) is 31.3 Å². The Kier molecular flexibility index (Phi) is 7.39. The van der Waals surface area contributed by atoms with Gasteiger partial charge in [0.1, 0.15) is 11.5 Å². The molecule has 0 fully saturated rings. The highest BCUT2D eigenvalue weighted by Crippen LogP contribution is 2.52. The van der Waals surface area contributed by atoms with Crippen LogP contribution in [0.5, 0.6) is 11.5 Å². The Labute approximate surface area is 323 Å². The number of thiophene rings is 1. The van der Waals surface area contributed by atoms with Crippen molar-refractivity contribution in [3.8, 4) is 56.0 Å². The number of nitrogens with zero attached hydrogens (tertiary/aromatic N) is 1. The molecule has 0 amide bonds. The summed E-state index contributed by atoms with van der Waals surface area (Å²) in [5.41, 5.74) is 12.3. The van der Waals surface area contributed by atoms with Gasteiger partial charge in [-0.15, -0.1) is 11.3 Å². The van der Waals surface area contributed by atoms with Crippen LogP contribution in [0.2, 0.25) is 0 Å². The van der Waals surface area contributed by atoms with Gasteiger partial charge in [0.15, 0.2) is 0 Å². The van der Waals surface area contributed by atoms with Gasteiger partial charge in [-0.2, -0.15) is 0 Å². The zero-order chi connectivity index (χ0) is 36.3. The molecule has 0 bridgehead atoms. The number of benzene rings is 9. The first-order valence-electron chi connectivity index (χ1n) is 18.7. The summed E-state index contributed by atoms with van der Waals surface area (Å²) in [5.74, 6) is 1.73. The zero-order valence-corrected chi connectivity index (χ0v) is 30.6. The third-order valence-electron chi connectivity index (χ3n) is 10.9. The maximum Gasteiger partial charge on any atom is 0.143 e. The monoisotopic (exact) mass is 719 g/mol. The smallest absolute Gasteiger partial charge is 0.143 e. The number of hydrogen-bond donors (Lipinski definition) is 0. The average molecular weight is 720 g/mol. The molecule has 2 nitrogen and oxygen atoms in total. The molecule has 11 rings (SSSR count). The summed E-state index contributed by atoms with van der Waals surface area (Å²) >= 11 is 1.85. The molecule has 0 saturated heterocycles. The lowest BCUT2D eigenvalue weighted by atomic mass is 9.91. The van der Waals surface area contributed by atoms with E-state index >= 15 is 0 Å². The predicted octanol–water partition coefficient (Wildman–Crippen LogP) is 15.5. The Morgan fingerprint density at radius 3 is 1.89 bits per heavy atom. The maximum atomic E-state index is 7.07. The van der Waals surface area contributed by atoms with Crippen LogP contribution in [0.4, 0.5) is 17.1 Å². The lowest BCUT2D eigenvalue weighted by Gasteiger charge is -2.29. The van der Waals surface area contributed by atoms with Crippen LogP contribution in [0, 0.1) is 0 Å². The quantitative estimate of drug-likeness (QED) is 0.176. The SMILES string of the molecule is c1ccc(-c2ccc3c(c2)Oc2c(ccc4ccccc24)-c2cc(N(c4ccc5sc6ccccc6c5c4)c4ccccc4-c4ccccc4)ccc2-3)cc1. The fourth-order valence-electron chi connectivity index (χ4n) is 8.25. The number of ether oxygens (including phenoxy) is 1. The van der Waals surface area contributed by atoms with E-state index in [1.807, 2.05) is 11.3 Å². The van der Waals surface area contributed by atoms with Gasteiger partial charge in [0.05, 0.1) is 5.69 Å². The summed E-state index contributed by atoms with van der Waals surface area (Å²) < 4.78 is 9.66. The van der Waals surface area contributed by atoms with Gasteiger partial charge >= 0.3 is 0 Å². The van der Waals surface area contributed by atoms with E-state index in [9.17, 15) is 0 Å². The van der Waals surface area contributed by atoms with E-state index in [2.05, 4.69) is 205 Å². The number of anilines is 3. The van der Waals surface area contributed by atoms with E-state index in [0.717, 1.165) is 72.7 Å². The number of rotatable bonds is 5. The molecule has 1 aromatic heterocycles. The molecule has 258 valence electrons. The van der Waals surface area contributed by atoms with Crippen molar-refractivity contribution in [1.82, 2.24) is 0 Å². The predicted molar refractivity (Wildman–Crippen MR) is 233 cm³/mol. The molecule has 2 heterocycles. The number of para-hydroxylation sites is 1. The van der Waals surface area contributed by atoms with Gasteiger partial charge in [-0.05, 0) is 93.9 Å². The largest absolute Gasteiger partial charge is 0.455 e. The zero-order valence-electron chi connectivity index (χ0n) is 29.8. The van der Waals surface area contributed by atoms with Gasteiger partial charge in [-0.1, -0.05) is 140 Å². The molecule has 0 spiro atoms. The fraction of sp³-hybridized carbons (Fsp3) is 0. The second-order valence-corrected chi connectivity index (χ2v) is 15.2. The summed E-state index contributed by atoms with van der Waals surface area (Å²) in [6.07, 6.45) is 0. The molecule has 0 atom stereocenters. The molecule has 3 heteroatoms. The minimum absolute atomic E-state index is 0.853. The summed E-state index contributed by atoms with van der Waals surface area (Å²) in [7, 11) is 0. The first kappa shape index (κ1) is 31.6. The van der Waals surface area contributed by atoms with Crippen LogP contribution in [0.15, 0.2) is 200 Å². The van der Waals surface area contributed by atoms with Crippen molar-refractivity contribution >= 4 is 59.3 Å². The molecular formula is C52H33NOS. The second-order valence-electron chi connectivity index (χ2n) is 14.1. The average Bonchev–Trinajstić information content (AvgIpc) is 3.56. The number of fused-ring (bicyclic) bond motifs is 10. The van der Waals surface area contributed by atoms with E-state index in [1.54, 1.807) is 0 Å². The van der Waals surface area contributed by atoms with Crippen molar-refractivity contribution in [1.29, 1.82) is 0 Å². The fourth-order valence-corrected chi connectivity index (χ4v) is 9.34. The third kappa shape index (κ3) is 5.32. The molecule has 0 aliphatic carbocycles. The van der Waals surface area contributed by atoms with Crippen LogP contribution in [0.25, 0.3) is 75.5 Å². The maximum absolute atomic E-state index is 7.07. The summed E-state index contributed by atoms with van der Waals surface area (Å²) in [5, 5.41) is 4.79. The molecule has 55 heavy (non-hydrogen) atoms. The molecule has 1 aliphatic heterocycles. The van der Waals surface area contributed by atoms with E-state index < -0.39 is 0 Å². The number of hydrogen-bond acceptors (Lipinski definition) is 3. The lowest BCUT2D eigenvalue weighted by molar-refractivity contribution is 0.493. The van der Waals surface area contributed by atoms with Crippen molar-refractivity contribution in [2.45, 2.75) is 0 Å². The van der Waals surface area contributed by atoms with E-state index in [4.69, 9.17) is 4.74 Å². The molecule has 0 radical (unpaired) electrons. The van der Waals surface area contributed by atoms with Crippen LogP contribution in [0.1, 0.15) is 0 Å². The Balaban J connectivity index is 1.17. The van der Waals surface area contributed by atoms with Gasteiger partial charge in [0, 0.05) is 53.6 Å². The minimum atomic E-state index is 0.853. The Morgan fingerprint density at radius 2 is 1.02 bits per heavy atom. The normalized spacial score (nSPS) is 11.8. The highest BCUT2D eigenvalue weighted by atomic mass is 32.1. The van der Waals surface area contributed by atoms with Gasteiger partial charge in [0.2, 0.25) is 0 Å². The topological polar surface area (TPSA) is 12.5 Å². The standard InChI is InChI=1S/C52H33NOS/c1-3-13-34(14-4-1)37-24-27-43-42-29-25-38(32-46(42)45-28-23-36-17-7-8-19-41(36)52(45)54-49(43)31-37)53(48-21-11-9-18-40(48)35-15-5-2-6-16-35)39-26-30-51-47(33-39)44-20-10-12-22-50(44)55-51/h1-33H. The first-order valence-corrected chi connectivity index (χ1v) is 19.5. The molecule has 0 saturated carbocycles. The van der Waals surface area contributed by atoms with Crippen LogP contribution < -0.4 is 9.64 Å². The lowest BCUT2D eigenvalue weighted by Crippen LogP contribution is -2.11. The van der Waals surface area contributed by atoms with Gasteiger partial charge in [-0.25, -0.2) is 0 Å². The minimum Gasteiger partial charge on any atom is -0.455 e. The van der Waals surface area contributed by atoms with Gasteiger partial charge in [0.25, 0.3) is 0 Å². The highest BCUT2D eigenvalue weighted by Gasteiger charge is 2.26. The summed E-state index contributed by atoms with van der Waals surface area (Å²) in [6.45, 7) is 0. The second kappa shape index (κ2) is 12.9. The van der Waals surface area contributed by atoms with Gasteiger partial charge < -0.3 is 9.64 Å². The van der Waals surface area contributed by atoms with Crippen molar-refractivity contribution < 1.29 is 4.74 Å². The summed E-state index contributed by atoms with van der Waals surface area (Å²) in [4.78, 5) is 2.43. The highest BCUT2D eigenvalue weighted by molar-refractivity contribution is 7.25. The molecule has 1 aliphatic rings. The molecular weight excluding hydrogens is 687 g/mol. The van der Waals surface area contributed by atoms with E-state index in [-0.39, 0.29) is 0 Å². The molecule has 0 unspecified atom stereocenters. The first-order chi connectivity index (χ1) is 27.3. The van der Waals surface area contributed by atoms with Crippen LogP contribution in [-0.4, -0.2) is 0 Å². The third-order valence-corrected chi connectivity index (χ3v) is 12.0. The van der Waals surface area contributed by atoms with Crippen molar-refractivity contribution in [2.24, 2.45) is 0 Å². The molecule has 10 aromatic rings. The van der Waals surface area contributed by atoms with Gasteiger partial charge in [-0.3, -0.25) is 0 Å². The Hall–Kier alpha value is -6.94.